The van der Waals surface area contributed by atoms with Crippen LogP contribution in [-0.4, -0.2) is 30.2 Å². The second-order valence-electron chi connectivity index (χ2n) is 5.90. The summed E-state index contributed by atoms with van der Waals surface area (Å²) < 4.78 is 27.6. The van der Waals surface area contributed by atoms with Crippen molar-refractivity contribution in [3.8, 4) is 0 Å². The van der Waals surface area contributed by atoms with E-state index in [9.17, 15) is 13.2 Å². The molecule has 6 nitrogen and oxygen atoms in total. The van der Waals surface area contributed by atoms with Crippen LogP contribution in [0.2, 0.25) is 0 Å². The van der Waals surface area contributed by atoms with Gasteiger partial charge in [0.05, 0.1) is 10.9 Å². The van der Waals surface area contributed by atoms with E-state index in [1.54, 1.807) is 25.4 Å². The van der Waals surface area contributed by atoms with Gasteiger partial charge < -0.3 is 5.73 Å². The van der Waals surface area contributed by atoms with E-state index in [-0.39, 0.29) is 16.5 Å². The highest BCUT2D eigenvalue weighted by Gasteiger charge is 2.36. The van der Waals surface area contributed by atoms with Gasteiger partial charge in [-0.15, -0.1) is 0 Å². The Morgan fingerprint density at radius 2 is 1.96 bits per heavy atom. The Hall–Kier alpha value is -2.25. The minimum Gasteiger partial charge on any atom is -0.366 e. The average molecular weight is 345 g/mol. The Bertz CT molecular complexity index is 866. The molecule has 1 aliphatic heterocycles. The molecule has 3 rings (SSSR count). The predicted molar refractivity (Wildman–Crippen MR) is 89.8 cm³/mol. The van der Waals surface area contributed by atoms with E-state index in [1.165, 1.54) is 16.4 Å². The van der Waals surface area contributed by atoms with Crippen LogP contribution >= 0.6 is 0 Å². The summed E-state index contributed by atoms with van der Waals surface area (Å²) in [5, 5.41) is 0. The van der Waals surface area contributed by atoms with Gasteiger partial charge >= 0.3 is 0 Å². The number of carbonyl (C=O) groups excluding carboxylic acids is 1. The third-order valence-electron chi connectivity index (χ3n) is 4.38. The number of primary amides is 1. The van der Waals surface area contributed by atoms with Crippen LogP contribution in [0.5, 0.6) is 0 Å². The standard InChI is InChI=1S/C17H19N3O3S/c1-12-4-5-14(11-15(12)17(18)21)24(22,23)20-10-2-3-16(20)13-6-8-19-9-7-13/h4-9,11,16H,2-3,10H2,1H3,(H2,18,21). The van der Waals surface area contributed by atoms with E-state index in [0.29, 0.717) is 12.1 Å². The van der Waals surface area contributed by atoms with Crippen molar-refractivity contribution < 1.29 is 13.2 Å². The maximum absolute atomic E-state index is 13.1. The molecule has 1 aliphatic rings. The van der Waals surface area contributed by atoms with Gasteiger partial charge in [0.2, 0.25) is 15.9 Å². The Balaban J connectivity index is 2.01. The number of pyridine rings is 1. The molecule has 2 heterocycles. The van der Waals surface area contributed by atoms with E-state index in [0.717, 1.165) is 18.4 Å². The average Bonchev–Trinajstić information content (AvgIpc) is 3.06. The molecule has 1 amide bonds. The number of sulfonamides is 1. The van der Waals surface area contributed by atoms with Gasteiger partial charge in [-0.2, -0.15) is 4.31 Å². The Labute approximate surface area is 141 Å². The second kappa shape index (κ2) is 6.33. The van der Waals surface area contributed by atoms with Gasteiger partial charge in [-0.3, -0.25) is 9.78 Å². The van der Waals surface area contributed by atoms with Gasteiger partial charge in [-0.05, 0) is 55.2 Å². The first-order chi connectivity index (χ1) is 11.4. The normalized spacial score (nSPS) is 18.6. The van der Waals surface area contributed by atoms with Crippen LogP contribution in [0, 0.1) is 6.92 Å². The van der Waals surface area contributed by atoms with Crippen LogP contribution in [0.4, 0.5) is 0 Å². The maximum atomic E-state index is 13.1. The van der Waals surface area contributed by atoms with Gasteiger partial charge in [0.1, 0.15) is 0 Å². The fourth-order valence-corrected chi connectivity index (χ4v) is 4.82. The molecular weight excluding hydrogens is 326 g/mol. The third kappa shape index (κ3) is 2.92. The highest BCUT2D eigenvalue weighted by molar-refractivity contribution is 7.89. The number of carbonyl (C=O) groups is 1. The summed E-state index contributed by atoms with van der Waals surface area (Å²) in [5.74, 6) is -0.628. The quantitative estimate of drug-likeness (QED) is 0.917. The van der Waals surface area contributed by atoms with E-state index in [1.807, 2.05) is 12.1 Å². The zero-order valence-corrected chi connectivity index (χ0v) is 14.2. The Morgan fingerprint density at radius 1 is 1.25 bits per heavy atom. The highest BCUT2D eigenvalue weighted by atomic mass is 32.2. The monoisotopic (exact) mass is 345 g/mol. The summed E-state index contributed by atoms with van der Waals surface area (Å²) in [6.45, 7) is 2.18. The molecule has 7 heteroatoms. The lowest BCUT2D eigenvalue weighted by atomic mass is 10.1. The van der Waals surface area contributed by atoms with Crippen LogP contribution < -0.4 is 5.73 Å². The fraction of sp³-hybridized carbons (Fsp3) is 0.294. The molecule has 2 aromatic rings. The molecule has 0 aliphatic carbocycles. The van der Waals surface area contributed by atoms with Crippen molar-refractivity contribution >= 4 is 15.9 Å². The zero-order chi connectivity index (χ0) is 17.3. The van der Waals surface area contributed by atoms with Crippen molar-refractivity contribution in [3.05, 3.63) is 59.4 Å². The number of rotatable bonds is 4. The van der Waals surface area contributed by atoms with E-state index < -0.39 is 15.9 Å². The summed E-state index contributed by atoms with van der Waals surface area (Å²) >= 11 is 0. The van der Waals surface area contributed by atoms with Gasteiger partial charge in [0.25, 0.3) is 0 Å². The number of aryl methyl sites for hydroxylation is 1. The summed E-state index contributed by atoms with van der Waals surface area (Å²) in [7, 11) is -3.70. The first-order valence-electron chi connectivity index (χ1n) is 7.73. The Morgan fingerprint density at radius 3 is 2.62 bits per heavy atom. The van der Waals surface area contributed by atoms with Crippen LogP contribution in [0.25, 0.3) is 0 Å². The molecule has 0 bridgehead atoms. The van der Waals surface area contributed by atoms with Crippen molar-refractivity contribution in [2.75, 3.05) is 6.54 Å². The first kappa shape index (κ1) is 16.6. The number of aromatic nitrogens is 1. The lowest BCUT2D eigenvalue weighted by Gasteiger charge is -2.24. The van der Waals surface area contributed by atoms with E-state index >= 15 is 0 Å². The third-order valence-corrected chi connectivity index (χ3v) is 6.28. The lowest BCUT2D eigenvalue weighted by Crippen LogP contribution is -2.31. The molecule has 1 saturated heterocycles. The molecule has 1 aromatic carbocycles. The van der Waals surface area contributed by atoms with E-state index in [4.69, 9.17) is 5.73 Å². The smallest absolute Gasteiger partial charge is 0.249 e. The lowest BCUT2D eigenvalue weighted by molar-refractivity contribution is 0.0999. The number of nitrogens with zero attached hydrogens (tertiary/aromatic N) is 2. The number of hydrogen-bond acceptors (Lipinski definition) is 4. The first-order valence-corrected chi connectivity index (χ1v) is 9.17. The molecule has 1 atom stereocenters. The minimum atomic E-state index is -3.70. The van der Waals surface area contributed by atoms with Crippen LogP contribution in [-0.2, 0) is 10.0 Å². The van der Waals surface area contributed by atoms with Crippen molar-refractivity contribution in [1.29, 1.82) is 0 Å². The SMILES string of the molecule is Cc1ccc(S(=O)(=O)N2CCCC2c2ccncc2)cc1C(N)=O. The van der Waals surface area contributed by atoms with Crippen LogP contribution in [0.3, 0.4) is 0 Å². The van der Waals surface area contributed by atoms with Gasteiger partial charge in [-0.25, -0.2) is 8.42 Å². The van der Waals surface area contributed by atoms with Gasteiger partial charge in [0, 0.05) is 24.5 Å². The largest absolute Gasteiger partial charge is 0.366 e. The second-order valence-corrected chi connectivity index (χ2v) is 7.79. The molecule has 1 fully saturated rings. The van der Waals surface area contributed by atoms with Gasteiger partial charge in [-0.1, -0.05) is 6.07 Å². The summed E-state index contributed by atoms with van der Waals surface area (Å²) in [6.07, 6.45) is 4.88. The zero-order valence-electron chi connectivity index (χ0n) is 13.3. The predicted octanol–water partition coefficient (Wildman–Crippen LogP) is 2.01. The van der Waals surface area contributed by atoms with Crippen molar-refractivity contribution in [2.45, 2.75) is 30.7 Å². The highest BCUT2D eigenvalue weighted by Crippen LogP contribution is 2.36. The molecule has 2 N–H and O–H groups in total. The summed E-state index contributed by atoms with van der Waals surface area (Å²) in [6, 6.07) is 7.97. The number of hydrogen-bond donors (Lipinski definition) is 1. The molecule has 1 aromatic heterocycles. The topological polar surface area (TPSA) is 93.4 Å². The molecule has 1 unspecified atom stereocenters. The number of benzene rings is 1. The van der Waals surface area contributed by atoms with Crippen molar-refractivity contribution in [3.63, 3.8) is 0 Å². The Kier molecular flexibility index (Phi) is 4.38. The van der Waals surface area contributed by atoms with Crippen LogP contribution in [0.15, 0.2) is 47.6 Å². The van der Waals surface area contributed by atoms with Gasteiger partial charge in [0.15, 0.2) is 0 Å². The van der Waals surface area contributed by atoms with Crippen LogP contribution in [0.1, 0.15) is 40.4 Å². The number of nitrogens with two attached hydrogens (primary N) is 1. The molecule has 0 radical (unpaired) electrons. The maximum Gasteiger partial charge on any atom is 0.249 e. The van der Waals surface area contributed by atoms with Crippen molar-refractivity contribution in [1.82, 2.24) is 9.29 Å². The molecule has 126 valence electrons. The fourth-order valence-electron chi connectivity index (χ4n) is 3.11. The summed E-state index contributed by atoms with van der Waals surface area (Å²) in [4.78, 5) is 15.6. The molecular formula is C17H19N3O3S. The van der Waals surface area contributed by atoms with Crippen molar-refractivity contribution in [2.24, 2.45) is 5.73 Å². The molecule has 0 saturated carbocycles. The minimum absolute atomic E-state index is 0.0999. The molecule has 0 spiro atoms. The number of amides is 1. The summed E-state index contributed by atoms with van der Waals surface area (Å²) in [5.41, 5.74) is 7.16. The van der Waals surface area contributed by atoms with E-state index in [2.05, 4.69) is 4.98 Å². The molecule has 24 heavy (non-hydrogen) atoms.